The van der Waals surface area contributed by atoms with Crippen LogP contribution < -0.4 is 5.32 Å². The third-order valence-electron chi connectivity index (χ3n) is 3.76. The first-order chi connectivity index (χ1) is 10.2. The molecule has 2 aromatic heterocycles. The highest BCUT2D eigenvalue weighted by molar-refractivity contribution is 5.15. The molecule has 0 aromatic carbocycles. The van der Waals surface area contributed by atoms with Crippen molar-refractivity contribution in [2.45, 2.75) is 59.7 Å². The average molecular weight is 289 g/mol. The molecule has 0 aliphatic heterocycles. The van der Waals surface area contributed by atoms with Crippen molar-refractivity contribution in [2.75, 3.05) is 6.54 Å². The molecule has 116 valence electrons. The lowest BCUT2D eigenvalue weighted by molar-refractivity contribution is 0.464. The summed E-state index contributed by atoms with van der Waals surface area (Å²) in [5.74, 6) is 1.13. The van der Waals surface area contributed by atoms with Gasteiger partial charge in [-0.2, -0.15) is 5.10 Å². The van der Waals surface area contributed by atoms with Gasteiger partial charge in [-0.1, -0.05) is 6.92 Å². The van der Waals surface area contributed by atoms with Crippen LogP contribution in [0.15, 0.2) is 18.5 Å². The summed E-state index contributed by atoms with van der Waals surface area (Å²) in [4.78, 5) is 4.52. The molecule has 1 N–H and O–H groups in total. The van der Waals surface area contributed by atoms with Crippen molar-refractivity contribution in [3.63, 3.8) is 0 Å². The fraction of sp³-hybridized carbons (Fsp3) is 0.625. The Balaban J connectivity index is 2.25. The normalized spacial score (nSPS) is 12.8. The van der Waals surface area contributed by atoms with Crippen LogP contribution in [0, 0.1) is 6.92 Å². The predicted octanol–water partition coefficient (Wildman–Crippen LogP) is 2.71. The Morgan fingerprint density at radius 1 is 1.24 bits per heavy atom. The molecule has 2 aromatic rings. The number of aromatic nitrogens is 4. The van der Waals surface area contributed by atoms with Gasteiger partial charge in [0, 0.05) is 31.9 Å². The molecule has 2 rings (SSSR count). The van der Waals surface area contributed by atoms with E-state index in [-0.39, 0.29) is 6.04 Å². The largest absolute Gasteiger partial charge is 0.335 e. The first kappa shape index (κ1) is 15.8. The molecule has 0 bridgehead atoms. The van der Waals surface area contributed by atoms with Crippen molar-refractivity contribution in [3.05, 3.63) is 35.7 Å². The zero-order valence-electron chi connectivity index (χ0n) is 13.6. The van der Waals surface area contributed by atoms with E-state index < -0.39 is 0 Å². The van der Waals surface area contributed by atoms with Gasteiger partial charge in [0.2, 0.25) is 0 Å². The van der Waals surface area contributed by atoms with Gasteiger partial charge in [-0.15, -0.1) is 0 Å². The molecule has 0 fully saturated rings. The van der Waals surface area contributed by atoms with Crippen molar-refractivity contribution in [2.24, 2.45) is 0 Å². The maximum Gasteiger partial charge on any atom is 0.110 e. The van der Waals surface area contributed by atoms with E-state index in [4.69, 9.17) is 0 Å². The van der Waals surface area contributed by atoms with Crippen LogP contribution in [0.1, 0.15) is 50.4 Å². The molecule has 0 aliphatic carbocycles. The van der Waals surface area contributed by atoms with Gasteiger partial charge < -0.3 is 9.88 Å². The highest BCUT2D eigenvalue weighted by Gasteiger charge is 2.19. The van der Waals surface area contributed by atoms with Crippen LogP contribution in [0.3, 0.4) is 0 Å². The fourth-order valence-electron chi connectivity index (χ4n) is 2.70. The first-order valence-corrected chi connectivity index (χ1v) is 7.97. The van der Waals surface area contributed by atoms with E-state index in [0.717, 1.165) is 44.0 Å². The Bertz CT molecular complexity index is 555. The Hall–Kier alpha value is -1.62. The predicted molar refractivity (Wildman–Crippen MR) is 85.3 cm³/mol. The molecule has 0 aliphatic rings. The number of nitrogens with zero attached hydrogens (tertiary/aromatic N) is 4. The number of hydrogen-bond acceptors (Lipinski definition) is 3. The maximum absolute atomic E-state index is 4.58. The highest BCUT2D eigenvalue weighted by Crippen LogP contribution is 2.19. The van der Waals surface area contributed by atoms with Gasteiger partial charge in [-0.25, -0.2) is 4.98 Å². The third kappa shape index (κ3) is 3.73. The summed E-state index contributed by atoms with van der Waals surface area (Å²) in [5.41, 5.74) is 2.34. The number of nitrogens with one attached hydrogen (secondary N) is 1. The van der Waals surface area contributed by atoms with Gasteiger partial charge in [-0.3, -0.25) is 4.68 Å². The van der Waals surface area contributed by atoms with Gasteiger partial charge >= 0.3 is 0 Å². The topological polar surface area (TPSA) is 47.7 Å². The zero-order valence-corrected chi connectivity index (χ0v) is 13.6. The second kappa shape index (κ2) is 7.41. The SMILES string of the molecule is CCCNC(Cc1nccn1CC)c1cc(C)nn1CC. The number of imidazole rings is 1. The van der Waals surface area contributed by atoms with Gasteiger partial charge in [0.05, 0.1) is 17.4 Å². The molecule has 0 amide bonds. The van der Waals surface area contributed by atoms with Crippen LogP contribution in [0.5, 0.6) is 0 Å². The average Bonchev–Trinajstić information content (AvgIpc) is 3.08. The lowest BCUT2D eigenvalue weighted by Crippen LogP contribution is -2.27. The number of aryl methyl sites for hydroxylation is 3. The lowest BCUT2D eigenvalue weighted by atomic mass is 10.1. The molecule has 21 heavy (non-hydrogen) atoms. The standard InChI is InChI=1S/C16H27N5/c1-5-8-17-14(12-16-18-9-10-20(16)6-2)15-11-13(4)19-21(15)7-3/h9-11,14,17H,5-8,12H2,1-4H3. The summed E-state index contributed by atoms with van der Waals surface area (Å²) in [6.07, 6.45) is 5.95. The molecule has 5 heteroatoms. The molecule has 0 radical (unpaired) electrons. The van der Waals surface area contributed by atoms with Crippen LogP contribution >= 0.6 is 0 Å². The Morgan fingerprint density at radius 2 is 2.05 bits per heavy atom. The number of hydrogen-bond donors (Lipinski definition) is 1. The summed E-state index contributed by atoms with van der Waals surface area (Å²) < 4.78 is 4.31. The van der Waals surface area contributed by atoms with Crippen molar-refractivity contribution in [1.29, 1.82) is 0 Å². The molecule has 0 saturated heterocycles. The van der Waals surface area contributed by atoms with Crippen LogP contribution in [-0.4, -0.2) is 25.9 Å². The second-order valence-corrected chi connectivity index (χ2v) is 5.37. The lowest BCUT2D eigenvalue weighted by Gasteiger charge is -2.20. The first-order valence-electron chi connectivity index (χ1n) is 7.97. The Morgan fingerprint density at radius 3 is 2.71 bits per heavy atom. The van der Waals surface area contributed by atoms with E-state index in [1.54, 1.807) is 0 Å². The van der Waals surface area contributed by atoms with Crippen molar-refractivity contribution in [3.8, 4) is 0 Å². The van der Waals surface area contributed by atoms with Crippen molar-refractivity contribution in [1.82, 2.24) is 24.6 Å². The van der Waals surface area contributed by atoms with Crippen LogP contribution in [0.4, 0.5) is 0 Å². The Labute approximate surface area is 127 Å². The quantitative estimate of drug-likeness (QED) is 0.813. The minimum atomic E-state index is 0.263. The summed E-state index contributed by atoms with van der Waals surface area (Å²) in [6.45, 7) is 11.4. The minimum absolute atomic E-state index is 0.263. The highest BCUT2D eigenvalue weighted by atomic mass is 15.3. The summed E-state index contributed by atoms with van der Waals surface area (Å²) >= 11 is 0. The molecule has 1 unspecified atom stereocenters. The van der Waals surface area contributed by atoms with Gasteiger partial charge in [0.1, 0.15) is 5.82 Å². The van der Waals surface area contributed by atoms with Crippen LogP contribution in [-0.2, 0) is 19.5 Å². The Kier molecular flexibility index (Phi) is 5.56. The van der Waals surface area contributed by atoms with Gasteiger partial charge in [0.25, 0.3) is 0 Å². The summed E-state index contributed by atoms with van der Waals surface area (Å²) in [5, 5.41) is 8.23. The van der Waals surface area contributed by atoms with E-state index in [1.165, 1.54) is 5.69 Å². The van der Waals surface area contributed by atoms with E-state index in [2.05, 4.69) is 64.6 Å². The van der Waals surface area contributed by atoms with E-state index in [1.807, 2.05) is 6.20 Å². The van der Waals surface area contributed by atoms with Crippen LogP contribution in [0.2, 0.25) is 0 Å². The van der Waals surface area contributed by atoms with Gasteiger partial charge in [0.15, 0.2) is 0 Å². The molecule has 5 nitrogen and oxygen atoms in total. The fourth-order valence-corrected chi connectivity index (χ4v) is 2.70. The minimum Gasteiger partial charge on any atom is -0.335 e. The van der Waals surface area contributed by atoms with Crippen molar-refractivity contribution >= 4 is 0 Å². The van der Waals surface area contributed by atoms with Crippen molar-refractivity contribution < 1.29 is 0 Å². The maximum atomic E-state index is 4.58. The molecular formula is C16H27N5. The smallest absolute Gasteiger partial charge is 0.110 e. The monoisotopic (exact) mass is 289 g/mol. The van der Waals surface area contributed by atoms with E-state index >= 15 is 0 Å². The molecule has 1 atom stereocenters. The third-order valence-corrected chi connectivity index (χ3v) is 3.76. The molecular weight excluding hydrogens is 262 g/mol. The van der Waals surface area contributed by atoms with Crippen LogP contribution in [0.25, 0.3) is 0 Å². The summed E-state index contributed by atoms with van der Waals surface area (Å²) in [6, 6.07) is 2.45. The van der Waals surface area contributed by atoms with Gasteiger partial charge in [-0.05, 0) is 39.8 Å². The van der Waals surface area contributed by atoms with E-state index in [9.17, 15) is 0 Å². The summed E-state index contributed by atoms with van der Waals surface area (Å²) in [7, 11) is 0. The second-order valence-electron chi connectivity index (χ2n) is 5.37. The van der Waals surface area contributed by atoms with E-state index in [0.29, 0.717) is 0 Å². The molecule has 0 saturated carbocycles. The zero-order chi connectivity index (χ0) is 15.2. The molecule has 0 spiro atoms. The molecule has 2 heterocycles. The number of rotatable bonds is 8.